The molecule has 0 spiro atoms. The number of rotatable bonds is 18. The largest absolute Gasteiger partial charge is 0.497 e. The molecule has 1 unspecified atom stereocenters. The number of benzene rings is 4. The third-order valence-corrected chi connectivity index (χ3v) is 11.5. The first-order chi connectivity index (χ1) is 30.0. The number of aryl methyl sites for hydroxylation is 1. The SMILES string of the molecule is CCN(CC)CC.COc1ccc(C(OC[C@H]2O[C@@H](n3cc(C)c(=O)n(C(=O)c4ccccc4)c3=O)C[C@@H]2OP(O)OCCC#N)(c2ccccc2)c2ccc(OC)cc2)cc1.[B]. The fraction of sp³-hybridized carbons (Fsp3) is 0.362. The van der Waals surface area contributed by atoms with E-state index in [-0.39, 0.29) is 45.6 Å². The number of methoxy groups -OCH3 is 2. The van der Waals surface area contributed by atoms with Crippen molar-refractivity contribution in [2.45, 2.75) is 64.6 Å². The summed E-state index contributed by atoms with van der Waals surface area (Å²) in [5.41, 5.74) is -0.275. The quantitative estimate of drug-likeness (QED) is 0.0424. The molecule has 5 aromatic rings. The van der Waals surface area contributed by atoms with Crippen LogP contribution in [-0.2, 0) is 24.1 Å². The summed E-state index contributed by atoms with van der Waals surface area (Å²) in [5, 5.41) is 8.98. The Morgan fingerprint density at radius 3 is 1.87 bits per heavy atom. The fourth-order valence-corrected chi connectivity index (χ4v) is 7.95. The van der Waals surface area contributed by atoms with Crippen LogP contribution in [0.2, 0.25) is 0 Å². The van der Waals surface area contributed by atoms with Crippen molar-refractivity contribution in [2.75, 3.05) is 47.1 Å². The maximum Gasteiger partial charge on any atom is 0.340 e. The van der Waals surface area contributed by atoms with E-state index in [9.17, 15) is 19.3 Å². The molecular weight excluding hydrogens is 822 g/mol. The molecular formula is C47H55BN4O10P. The van der Waals surface area contributed by atoms with Crippen molar-refractivity contribution in [3.05, 3.63) is 164 Å². The molecule has 0 bridgehead atoms. The molecule has 0 amide bonds. The van der Waals surface area contributed by atoms with E-state index in [1.165, 1.54) is 49.5 Å². The van der Waals surface area contributed by atoms with Crippen molar-refractivity contribution in [3.63, 3.8) is 0 Å². The van der Waals surface area contributed by atoms with Crippen LogP contribution >= 0.6 is 8.60 Å². The summed E-state index contributed by atoms with van der Waals surface area (Å²) in [7, 11) is 0.698. The third-order valence-electron chi connectivity index (χ3n) is 10.6. The van der Waals surface area contributed by atoms with Crippen molar-refractivity contribution in [3.8, 4) is 17.6 Å². The number of ether oxygens (including phenoxy) is 4. The maximum absolute atomic E-state index is 14.0. The predicted molar refractivity (Wildman–Crippen MR) is 242 cm³/mol. The molecule has 4 atom stereocenters. The van der Waals surface area contributed by atoms with Crippen LogP contribution in [0.4, 0.5) is 0 Å². The van der Waals surface area contributed by atoms with Crippen LogP contribution in [0.25, 0.3) is 0 Å². The highest BCUT2D eigenvalue weighted by molar-refractivity contribution is 7.40. The number of nitriles is 1. The topological polar surface area (TPSA) is 164 Å². The molecule has 1 aliphatic rings. The molecule has 1 aliphatic heterocycles. The van der Waals surface area contributed by atoms with E-state index in [2.05, 4.69) is 25.7 Å². The van der Waals surface area contributed by atoms with E-state index in [0.29, 0.717) is 16.1 Å². The van der Waals surface area contributed by atoms with Crippen molar-refractivity contribution in [2.24, 2.45) is 0 Å². The zero-order valence-corrected chi connectivity index (χ0v) is 37.5. The van der Waals surface area contributed by atoms with E-state index in [4.69, 9.17) is 33.3 Å². The van der Waals surface area contributed by atoms with Gasteiger partial charge in [-0.05, 0) is 79.6 Å². The average Bonchev–Trinajstić information content (AvgIpc) is 3.71. The normalized spacial score (nSPS) is 16.3. The summed E-state index contributed by atoms with van der Waals surface area (Å²) in [5.74, 6) is 0.517. The van der Waals surface area contributed by atoms with Gasteiger partial charge in [0, 0.05) is 32.2 Å². The van der Waals surface area contributed by atoms with Crippen LogP contribution in [-0.4, -0.2) is 92.5 Å². The van der Waals surface area contributed by atoms with Gasteiger partial charge >= 0.3 is 14.3 Å². The summed E-state index contributed by atoms with van der Waals surface area (Å²) in [6.45, 7) is 11.4. The summed E-state index contributed by atoms with van der Waals surface area (Å²) >= 11 is 0. The second kappa shape index (κ2) is 24.4. The van der Waals surface area contributed by atoms with Gasteiger partial charge in [-0.2, -0.15) is 9.83 Å². The van der Waals surface area contributed by atoms with Crippen molar-refractivity contribution in [1.29, 1.82) is 5.26 Å². The Morgan fingerprint density at radius 2 is 1.38 bits per heavy atom. The lowest BCUT2D eigenvalue weighted by molar-refractivity contribution is -0.0928. The van der Waals surface area contributed by atoms with E-state index in [1.54, 1.807) is 32.4 Å². The van der Waals surface area contributed by atoms with Gasteiger partial charge in [-0.25, -0.2) is 4.79 Å². The monoisotopic (exact) mass is 877 g/mol. The van der Waals surface area contributed by atoms with Crippen LogP contribution < -0.4 is 20.7 Å². The minimum absolute atomic E-state index is 0. The molecule has 63 heavy (non-hydrogen) atoms. The zero-order valence-electron chi connectivity index (χ0n) is 36.6. The lowest BCUT2D eigenvalue weighted by Crippen LogP contribution is -2.45. The summed E-state index contributed by atoms with van der Waals surface area (Å²) in [6, 6.07) is 34.6. The van der Waals surface area contributed by atoms with Crippen LogP contribution in [0.1, 0.15) is 72.5 Å². The van der Waals surface area contributed by atoms with Crippen LogP contribution in [0.3, 0.4) is 0 Å². The molecule has 331 valence electrons. The zero-order chi connectivity index (χ0) is 44.6. The van der Waals surface area contributed by atoms with Crippen molar-refractivity contribution in [1.82, 2.24) is 14.0 Å². The molecule has 14 nitrogen and oxygen atoms in total. The van der Waals surface area contributed by atoms with Crippen LogP contribution in [0.15, 0.2) is 125 Å². The average molecular weight is 878 g/mol. The highest BCUT2D eigenvalue weighted by Gasteiger charge is 2.44. The Balaban J connectivity index is 0.00000100. The second-order valence-corrected chi connectivity index (χ2v) is 15.2. The molecule has 4 aromatic carbocycles. The standard InChI is InChI=1S/C41H40N3O10P.C6H15N.B/c1-28-26-43(40(47)44(38(28)45)39(46)29-11-6-4-7-12-29)37-25-35(54-55(48)52-24-10-23-42)36(53-37)27-51-41(30-13-8-5-9-14-30,31-15-19-33(49-2)20-16-31)32-17-21-34(50-3)22-18-32;1-4-7(5-2)6-3;/h4-9,11-22,26,35-37,48H,10,24-25,27H2,1-3H3;4-6H2,1-3H3;/t35-,36+,37+,55?;;/m0../s1. The first kappa shape index (κ1) is 50.2. The molecule has 1 aromatic heterocycles. The molecule has 2 heterocycles. The molecule has 16 heteroatoms. The van der Waals surface area contributed by atoms with Crippen LogP contribution in [0, 0.1) is 18.3 Å². The van der Waals surface area contributed by atoms with Gasteiger partial charge in [0.15, 0.2) is 0 Å². The first-order valence-corrected chi connectivity index (χ1v) is 21.6. The molecule has 1 saturated heterocycles. The van der Waals surface area contributed by atoms with Gasteiger partial charge in [-0.3, -0.25) is 14.2 Å². The van der Waals surface area contributed by atoms with E-state index < -0.39 is 49.8 Å². The molecule has 6 rings (SSSR count). The molecule has 0 saturated carbocycles. The van der Waals surface area contributed by atoms with Gasteiger partial charge in [0.05, 0.1) is 46.0 Å². The Labute approximate surface area is 372 Å². The van der Waals surface area contributed by atoms with E-state index in [0.717, 1.165) is 16.7 Å². The van der Waals surface area contributed by atoms with Crippen LogP contribution in [0.5, 0.6) is 11.5 Å². The maximum atomic E-state index is 14.0. The smallest absolute Gasteiger partial charge is 0.340 e. The van der Waals surface area contributed by atoms with Gasteiger partial charge in [-0.15, -0.1) is 0 Å². The van der Waals surface area contributed by atoms with Crippen molar-refractivity contribution >= 4 is 22.9 Å². The molecule has 1 N–H and O–H groups in total. The van der Waals surface area contributed by atoms with E-state index in [1.807, 2.05) is 84.9 Å². The highest BCUT2D eigenvalue weighted by Crippen LogP contribution is 2.45. The Kier molecular flexibility index (Phi) is 19.5. The van der Waals surface area contributed by atoms with Gasteiger partial charge in [0.25, 0.3) is 11.5 Å². The Bertz CT molecular complexity index is 2290. The number of carbonyl (C=O) groups is 1. The minimum Gasteiger partial charge on any atom is -0.497 e. The van der Waals surface area contributed by atoms with E-state index >= 15 is 0 Å². The van der Waals surface area contributed by atoms with Crippen molar-refractivity contribution < 1.29 is 37.7 Å². The Morgan fingerprint density at radius 1 is 0.857 bits per heavy atom. The minimum atomic E-state index is -2.48. The van der Waals surface area contributed by atoms with Gasteiger partial charge in [-0.1, -0.05) is 93.6 Å². The predicted octanol–water partition coefficient (Wildman–Crippen LogP) is 6.82. The summed E-state index contributed by atoms with van der Waals surface area (Å²) < 4.78 is 37.7. The first-order valence-electron chi connectivity index (χ1n) is 20.5. The molecule has 3 radical (unpaired) electrons. The molecule has 1 fully saturated rings. The van der Waals surface area contributed by atoms with Gasteiger partial charge < -0.3 is 37.8 Å². The summed E-state index contributed by atoms with van der Waals surface area (Å²) in [6.07, 6.45) is -1.47. The number of aromatic nitrogens is 2. The second-order valence-electron chi connectivity index (χ2n) is 14.2. The molecule has 0 aliphatic carbocycles. The summed E-state index contributed by atoms with van der Waals surface area (Å²) in [4.78, 5) is 53.8. The number of nitrogens with zero attached hydrogens (tertiary/aromatic N) is 4. The highest BCUT2D eigenvalue weighted by atomic mass is 31.2. The lowest BCUT2D eigenvalue weighted by atomic mass is 9.80. The number of hydrogen-bond donors (Lipinski definition) is 1. The lowest BCUT2D eigenvalue weighted by Gasteiger charge is -2.37. The Hall–Kier alpha value is -5.43. The van der Waals surface area contributed by atoms with Gasteiger partial charge in [0.1, 0.15) is 29.4 Å². The third kappa shape index (κ3) is 12.2. The number of hydrogen-bond acceptors (Lipinski definition) is 12. The number of carbonyl (C=O) groups excluding carboxylic acids is 1. The fourth-order valence-electron chi connectivity index (χ4n) is 7.19. The van der Waals surface area contributed by atoms with Gasteiger partial charge in [0.2, 0.25) is 0 Å².